The Hall–Kier alpha value is -3.91. The molecule has 1 unspecified atom stereocenters. The largest absolute Gasteiger partial charge is 0.360 e. The van der Waals surface area contributed by atoms with Gasteiger partial charge in [0.2, 0.25) is 5.91 Å². The molecular weight excluding hydrogens is 512 g/mol. The zero-order valence-electron chi connectivity index (χ0n) is 24.0. The normalized spacial score (nSPS) is 20.7. The Labute approximate surface area is 243 Å². The van der Waals surface area contributed by atoms with Crippen molar-refractivity contribution in [1.82, 2.24) is 20.2 Å². The van der Waals surface area contributed by atoms with Gasteiger partial charge in [-0.1, -0.05) is 54.6 Å². The predicted molar refractivity (Wildman–Crippen MR) is 165 cm³/mol. The zero-order valence-corrected chi connectivity index (χ0v) is 24.0. The van der Waals surface area contributed by atoms with Crippen molar-refractivity contribution in [3.05, 3.63) is 84.7 Å². The van der Waals surface area contributed by atoms with Crippen LogP contribution in [0.15, 0.2) is 84.2 Å². The van der Waals surface area contributed by atoms with Crippen molar-refractivity contribution >= 4 is 28.6 Å². The molecule has 2 aliphatic carbocycles. The zero-order chi connectivity index (χ0) is 28.3. The van der Waals surface area contributed by atoms with E-state index in [4.69, 9.17) is 9.73 Å². The lowest BCUT2D eigenvalue weighted by Gasteiger charge is -2.28. The van der Waals surface area contributed by atoms with Crippen molar-refractivity contribution in [3.8, 4) is 0 Å². The van der Waals surface area contributed by atoms with Gasteiger partial charge in [-0.3, -0.25) is 4.79 Å². The number of guanidine groups is 1. The summed E-state index contributed by atoms with van der Waals surface area (Å²) in [6, 6.07) is 14.2. The maximum atomic E-state index is 13.2. The summed E-state index contributed by atoms with van der Waals surface area (Å²) in [6.07, 6.45) is 17.1. The number of rotatable bonds is 11. The topological polar surface area (TPSA) is 92.6 Å². The quantitative estimate of drug-likeness (QED) is 0.211. The third-order valence-electron chi connectivity index (χ3n) is 7.93. The molecule has 0 saturated heterocycles. The van der Waals surface area contributed by atoms with Crippen LogP contribution in [0.25, 0.3) is 11.0 Å². The van der Waals surface area contributed by atoms with Gasteiger partial charge in [0.05, 0.1) is 18.8 Å². The van der Waals surface area contributed by atoms with E-state index >= 15 is 0 Å². The van der Waals surface area contributed by atoms with Crippen LogP contribution in [0.4, 0.5) is 5.69 Å². The molecule has 8 heteroatoms. The van der Waals surface area contributed by atoms with Gasteiger partial charge in [0.15, 0.2) is 5.96 Å². The number of amides is 1. The molecule has 5 rings (SSSR count). The summed E-state index contributed by atoms with van der Waals surface area (Å²) < 4.78 is 7.96. The van der Waals surface area contributed by atoms with Crippen LogP contribution in [-0.2, 0) is 22.8 Å². The highest BCUT2D eigenvalue weighted by Crippen LogP contribution is 2.30. The van der Waals surface area contributed by atoms with E-state index in [1.54, 1.807) is 6.20 Å². The van der Waals surface area contributed by atoms with E-state index in [9.17, 15) is 4.79 Å². The molecule has 41 heavy (non-hydrogen) atoms. The van der Waals surface area contributed by atoms with E-state index in [0.29, 0.717) is 31.7 Å². The summed E-state index contributed by atoms with van der Waals surface area (Å²) in [5.74, 6) is 1.92. The van der Waals surface area contributed by atoms with Gasteiger partial charge in [-0.25, -0.2) is 9.98 Å². The second-order valence-electron chi connectivity index (χ2n) is 11.0. The number of aliphatic imine (C=N–C) groups is 1. The molecule has 0 radical (unpaired) electrons. The SMILES string of the molecule is CCNC(=NCc1ccccc1)NCC1CCC(C(=O)Nc2ccnc3c2ccn3COCC2C=CC=CC2)CC1. The van der Waals surface area contributed by atoms with Crippen LogP contribution in [0.2, 0.25) is 0 Å². The third kappa shape index (κ3) is 8.07. The molecule has 2 heterocycles. The van der Waals surface area contributed by atoms with Crippen molar-refractivity contribution in [2.75, 3.05) is 25.0 Å². The number of hydrogen-bond acceptors (Lipinski definition) is 4. The lowest BCUT2D eigenvalue weighted by atomic mass is 9.81. The van der Waals surface area contributed by atoms with Crippen molar-refractivity contribution in [2.45, 2.75) is 52.3 Å². The molecule has 216 valence electrons. The molecule has 1 amide bonds. The minimum absolute atomic E-state index is 0.0254. The van der Waals surface area contributed by atoms with Gasteiger partial charge in [0.25, 0.3) is 0 Å². The minimum Gasteiger partial charge on any atom is -0.360 e. The summed E-state index contributed by atoms with van der Waals surface area (Å²) in [6.45, 7) is 5.53. The number of anilines is 1. The average molecular weight is 555 g/mol. The second-order valence-corrected chi connectivity index (χ2v) is 11.0. The molecular formula is C33H42N6O2. The van der Waals surface area contributed by atoms with E-state index in [-0.39, 0.29) is 11.8 Å². The number of aromatic nitrogens is 2. The highest BCUT2D eigenvalue weighted by atomic mass is 16.5. The van der Waals surface area contributed by atoms with Crippen molar-refractivity contribution < 1.29 is 9.53 Å². The number of fused-ring (bicyclic) bond motifs is 1. The Kier molecular flexibility index (Phi) is 10.2. The number of allylic oxidation sites excluding steroid dienone is 3. The van der Waals surface area contributed by atoms with Crippen LogP contribution >= 0.6 is 0 Å². The van der Waals surface area contributed by atoms with Gasteiger partial charge in [0, 0.05) is 42.7 Å². The minimum atomic E-state index is 0.0254. The maximum absolute atomic E-state index is 13.2. The number of carbonyl (C=O) groups is 1. The van der Waals surface area contributed by atoms with E-state index in [1.807, 2.05) is 41.1 Å². The van der Waals surface area contributed by atoms with Gasteiger partial charge < -0.3 is 25.3 Å². The Morgan fingerprint density at radius 1 is 1.07 bits per heavy atom. The van der Waals surface area contributed by atoms with Gasteiger partial charge in [-0.2, -0.15) is 0 Å². The first kappa shape index (κ1) is 28.6. The molecule has 3 aromatic rings. The smallest absolute Gasteiger partial charge is 0.227 e. The molecule has 1 aromatic carbocycles. The van der Waals surface area contributed by atoms with Crippen molar-refractivity contribution in [1.29, 1.82) is 0 Å². The monoisotopic (exact) mass is 554 g/mol. The summed E-state index contributed by atoms with van der Waals surface area (Å²) in [5, 5.41) is 11.0. The fourth-order valence-electron chi connectivity index (χ4n) is 5.56. The van der Waals surface area contributed by atoms with Crippen LogP contribution in [0.5, 0.6) is 0 Å². The first-order chi connectivity index (χ1) is 20.2. The molecule has 0 spiro atoms. The number of hydrogen-bond donors (Lipinski definition) is 3. The lowest BCUT2D eigenvalue weighted by Crippen LogP contribution is -2.40. The predicted octanol–water partition coefficient (Wildman–Crippen LogP) is 5.64. The van der Waals surface area contributed by atoms with Gasteiger partial charge in [-0.05, 0) is 62.6 Å². The van der Waals surface area contributed by atoms with Crippen LogP contribution in [0, 0.1) is 17.8 Å². The molecule has 1 saturated carbocycles. The highest BCUT2D eigenvalue weighted by molar-refractivity contribution is 6.01. The standard InChI is InChI=1S/C33H42N6O2/c1-2-34-33(36-21-25-9-5-3-6-10-25)37-22-26-13-15-28(16-14-26)32(40)38-30-17-19-35-31-29(30)18-20-39(31)24-41-23-27-11-7-4-8-12-27/h3-11,17-20,26-28H,2,12-16,21-24H2,1H3,(H2,34,36,37)(H,35,38,40). The molecule has 1 fully saturated rings. The number of ether oxygens (including phenoxy) is 1. The lowest BCUT2D eigenvalue weighted by molar-refractivity contribution is -0.121. The van der Waals surface area contributed by atoms with Gasteiger partial charge in [-0.15, -0.1) is 0 Å². The molecule has 8 nitrogen and oxygen atoms in total. The van der Waals surface area contributed by atoms with E-state index in [2.05, 4.69) is 64.3 Å². The number of pyridine rings is 1. The Morgan fingerprint density at radius 2 is 1.93 bits per heavy atom. The molecule has 0 aliphatic heterocycles. The fraction of sp³-hybridized carbons (Fsp3) is 0.424. The molecule has 1 atom stereocenters. The van der Waals surface area contributed by atoms with Crippen LogP contribution in [0.3, 0.4) is 0 Å². The van der Waals surface area contributed by atoms with Crippen LogP contribution < -0.4 is 16.0 Å². The molecule has 2 aromatic heterocycles. The maximum Gasteiger partial charge on any atom is 0.227 e. The van der Waals surface area contributed by atoms with Gasteiger partial charge in [0.1, 0.15) is 12.4 Å². The van der Waals surface area contributed by atoms with Crippen molar-refractivity contribution in [3.63, 3.8) is 0 Å². The summed E-state index contributed by atoms with van der Waals surface area (Å²) >= 11 is 0. The third-order valence-corrected chi connectivity index (χ3v) is 7.93. The van der Waals surface area contributed by atoms with Crippen molar-refractivity contribution in [2.24, 2.45) is 22.7 Å². The first-order valence-electron chi connectivity index (χ1n) is 14.9. The summed E-state index contributed by atoms with van der Waals surface area (Å²) in [7, 11) is 0. The van der Waals surface area contributed by atoms with E-state index in [1.165, 1.54) is 5.56 Å². The number of benzene rings is 1. The first-order valence-corrected chi connectivity index (χ1v) is 14.9. The molecule has 2 aliphatic rings. The second kappa shape index (κ2) is 14.6. The Balaban J connectivity index is 1.08. The summed E-state index contributed by atoms with van der Waals surface area (Å²) in [4.78, 5) is 22.5. The van der Waals surface area contributed by atoms with Crippen LogP contribution in [0.1, 0.15) is 44.6 Å². The van der Waals surface area contributed by atoms with Gasteiger partial charge >= 0.3 is 0 Å². The van der Waals surface area contributed by atoms with E-state index in [0.717, 1.165) is 67.9 Å². The number of nitrogens with one attached hydrogen (secondary N) is 3. The number of carbonyl (C=O) groups excluding carboxylic acids is 1. The Morgan fingerprint density at radius 3 is 2.71 bits per heavy atom. The summed E-state index contributed by atoms with van der Waals surface area (Å²) in [5.41, 5.74) is 2.83. The average Bonchev–Trinajstić information content (AvgIpc) is 3.44. The Bertz CT molecular complexity index is 1350. The van der Waals surface area contributed by atoms with Crippen LogP contribution in [-0.4, -0.2) is 41.1 Å². The highest BCUT2D eigenvalue weighted by Gasteiger charge is 2.27. The molecule has 0 bridgehead atoms. The molecule has 3 N–H and O–H groups in total. The fourth-order valence-corrected chi connectivity index (χ4v) is 5.56. The number of nitrogens with zero attached hydrogens (tertiary/aromatic N) is 3. The van der Waals surface area contributed by atoms with E-state index < -0.39 is 0 Å².